The van der Waals surface area contributed by atoms with Crippen LogP contribution in [-0.2, 0) is 29.8 Å². The molecule has 0 bridgehead atoms. The van der Waals surface area contributed by atoms with Crippen molar-refractivity contribution in [1.29, 1.82) is 0 Å². The van der Waals surface area contributed by atoms with Gasteiger partial charge in [-0.25, -0.2) is 14.8 Å². The first kappa shape index (κ1) is 35.8. The monoisotopic (exact) mass is 742 g/mol. The lowest BCUT2D eigenvalue weighted by Gasteiger charge is -2.21. The number of nitrogens with zero attached hydrogens (tertiary/aromatic N) is 2. The molecular weight excluding hydrogens is 717 g/mol. The summed E-state index contributed by atoms with van der Waals surface area (Å²) in [5, 5.41) is 5.14. The Kier molecular flexibility index (Phi) is 9.61. The van der Waals surface area contributed by atoms with Crippen LogP contribution in [0.25, 0.3) is 0 Å². The number of fused-ring (bicyclic) bond motifs is 2. The SMILES string of the molecule is O=C1C=C2C(=NC(=O)c3cccc(NC(=O)Nc4cccc(C(=O)N=C5C=CC(S(=O)(=O)O)=C6CCC(=O)C=C56)c4)c3)C=CC(S(=O)(=O)O)=C2CC1. The summed E-state index contributed by atoms with van der Waals surface area (Å²) in [5.41, 5.74) is 1.11. The summed E-state index contributed by atoms with van der Waals surface area (Å²) < 4.78 is 66.6. The van der Waals surface area contributed by atoms with Crippen molar-refractivity contribution >= 4 is 72.4 Å². The molecule has 0 radical (unpaired) electrons. The first-order valence-electron chi connectivity index (χ1n) is 15.4. The number of allylic oxidation sites excluding steroid dienone is 10. The third-order valence-electron chi connectivity index (χ3n) is 8.17. The predicted molar refractivity (Wildman–Crippen MR) is 189 cm³/mol. The predicted octanol–water partition coefficient (Wildman–Crippen LogP) is 4.50. The van der Waals surface area contributed by atoms with Crippen molar-refractivity contribution in [2.75, 3.05) is 10.6 Å². The van der Waals surface area contributed by atoms with Gasteiger partial charge < -0.3 is 10.6 Å². The maximum atomic E-state index is 13.1. The number of hydrogen-bond acceptors (Lipinski definition) is 9. The Hall–Kier alpha value is -6.01. The van der Waals surface area contributed by atoms with Gasteiger partial charge in [0.05, 0.1) is 21.2 Å². The number of urea groups is 1. The zero-order valence-electron chi connectivity index (χ0n) is 26.7. The maximum absolute atomic E-state index is 13.1. The highest BCUT2D eigenvalue weighted by Crippen LogP contribution is 2.34. The van der Waals surface area contributed by atoms with Gasteiger partial charge in [0.15, 0.2) is 11.6 Å². The number of anilines is 2. The molecule has 0 aromatic heterocycles. The molecule has 0 unspecified atom stereocenters. The van der Waals surface area contributed by atoms with Crippen LogP contribution in [0.3, 0.4) is 0 Å². The average Bonchev–Trinajstić information content (AvgIpc) is 3.07. The van der Waals surface area contributed by atoms with E-state index in [9.17, 15) is 49.9 Å². The van der Waals surface area contributed by atoms with Gasteiger partial charge in [0.1, 0.15) is 0 Å². The van der Waals surface area contributed by atoms with Crippen molar-refractivity contribution in [3.8, 4) is 0 Å². The summed E-state index contributed by atoms with van der Waals surface area (Å²) in [5.74, 6) is -2.12. The maximum Gasteiger partial charge on any atom is 0.323 e. The van der Waals surface area contributed by atoms with Crippen LogP contribution in [0.4, 0.5) is 16.2 Å². The lowest BCUT2D eigenvalue weighted by atomic mass is 9.86. The van der Waals surface area contributed by atoms with Gasteiger partial charge in [-0.05, 0) is 96.8 Å². The first-order valence-corrected chi connectivity index (χ1v) is 18.3. The normalized spacial score (nSPS) is 18.9. The molecule has 6 rings (SSSR count). The highest BCUT2D eigenvalue weighted by molar-refractivity contribution is 7.90. The largest absolute Gasteiger partial charge is 0.323 e. The fourth-order valence-electron chi connectivity index (χ4n) is 5.84. The van der Waals surface area contributed by atoms with Crippen molar-refractivity contribution in [3.63, 3.8) is 0 Å². The Labute approximate surface area is 296 Å². The highest BCUT2D eigenvalue weighted by atomic mass is 32.2. The van der Waals surface area contributed by atoms with E-state index in [0.717, 1.165) is 12.2 Å². The van der Waals surface area contributed by atoms with Gasteiger partial charge in [0.2, 0.25) is 0 Å². The molecule has 4 amide bonds. The van der Waals surface area contributed by atoms with E-state index in [2.05, 4.69) is 20.6 Å². The van der Waals surface area contributed by atoms with Gasteiger partial charge in [0, 0.05) is 46.5 Å². The van der Waals surface area contributed by atoms with Crippen molar-refractivity contribution < 1.29 is 49.9 Å². The number of hydrogen-bond donors (Lipinski definition) is 4. The molecule has 4 aliphatic carbocycles. The molecule has 0 saturated carbocycles. The van der Waals surface area contributed by atoms with Crippen LogP contribution in [0.2, 0.25) is 0 Å². The standard InChI is InChI=1S/C35H26N4O11S2/c40-23-7-9-25-27(17-23)29(11-13-31(25)51(45,46)47)38-33(42)19-3-1-5-21(15-19)36-35(44)37-22-6-2-4-20(16-22)34(43)39-30-12-14-32(52(48,49)50)26-10-8-24(41)18-28(26)30/h1-6,11-18H,7-10H2,(H2,36,37,44)(H,45,46,47)(H,48,49,50). The van der Waals surface area contributed by atoms with Crippen molar-refractivity contribution in [3.05, 3.63) is 128 Å². The molecular formula is C35H26N4O11S2. The smallest absolute Gasteiger partial charge is 0.308 e. The second-order valence-corrected chi connectivity index (χ2v) is 14.5. The Bertz CT molecular complexity index is 2330. The minimum absolute atomic E-state index is 0.0264. The molecule has 4 aliphatic rings. The number of rotatable bonds is 6. The zero-order chi connectivity index (χ0) is 37.4. The van der Waals surface area contributed by atoms with E-state index in [4.69, 9.17) is 0 Å². The molecule has 4 N–H and O–H groups in total. The Morgan fingerprint density at radius 2 is 1.00 bits per heavy atom. The van der Waals surface area contributed by atoms with Crippen LogP contribution in [0, 0.1) is 0 Å². The van der Waals surface area contributed by atoms with Crippen LogP contribution in [0.5, 0.6) is 0 Å². The number of amides is 4. The van der Waals surface area contributed by atoms with Crippen LogP contribution < -0.4 is 10.6 Å². The van der Waals surface area contributed by atoms with Crippen LogP contribution in [0.1, 0.15) is 46.4 Å². The molecule has 15 nitrogen and oxygen atoms in total. The topological polar surface area (TPSA) is 243 Å². The van der Waals surface area contributed by atoms with E-state index in [1.165, 1.54) is 72.8 Å². The molecule has 2 aromatic rings. The number of benzene rings is 2. The number of aliphatic imine (C=N–C) groups is 2. The van der Waals surface area contributed by atoms with Gasteiger partial charge in [-0.2, -0.15) is 16.8 Å². The minimum atomic E-state index is -4.59. The second kappa shape index (κ2) is 14.0. The zero-order valence-corrected chi connectivity index (χ0v) is 28.3. The van der Waals surface area contributed by atoms with E-state index in [-0.39, 0.29) is 103 Å². The third kappa shape index (κ3) is 7.82. The Morgan fingerprint density at radius 3 is 1.38 bits per heavy atom. The Morgan fingerprint density at radius 1 is 0.596 bits per heavy atom. The van der Waals surface area contributed by atoms with Gasteiger partial charge in [0.25, 0.3) is 32.1 Å². The number of carbonyl (C=O) groups excluding carboxylic acids is 5. The summed E-state index contributed by atoms with van der Waals surface area (Å²) >= 11 is 0. The average molecular weight is 743 g/mol. The van der Waals surface area contributed by atoms with E-state index in [1.54, 1.807) is 0 Å². The van der Waals surface area contributed by atoms with Crippen molar-refractivity contribution in [1.82, 2.24) is 0 Å². The quantitative estimate of drug-likeness (QED) is 0.300. The Balaban J connectivity index is 1.15. The van der Waals surface area contributed by atoms with Gasteiger partial charge >= 0.3 is 6.03 Å². The van der Waals surface area contributed by atoms with Crippen molar-refractivity contribution in [2.24, 2.45) is 9.98 Å². The molecule has 2 aromatic carbocycles. The lowest BCUT2D eigenvalue weighted by Crippen LogP contribution is -2.21. The summed E-state index contributed by atoms with van der Waals surface area (Å²) in [7, 11) is -9.18. The van der Waals surface area contributed by atoms with Crippen LogP contribution in [-0.4, -0.2) is 66.8 Å². The molecule has 0 spiro atoms. The molecule has 0 aliphatic heterocycles. The summed E-state index contributed by atoms with van der Waals surface area (Å²) in [6.45, 7) is 0. The number of nitrogens with one attached hydrogen (secondary N) is 2. The summed E-state index contributed by atoms with van der Waals surface area (Å²) in [6, 6.07) is 10.8. The van der Waals surface area contributed by atoms with E-state index >= 15 is 0 Å². The van der Waals surface area contributed by atoms with Crippen LogP contribution in [0.15, 0.2) is 127 Å². The minimum Gasteiger partial charge on any atom is -0.308 e. The fraction of sp³-hybridized carbons (Fsp3) is 0.114. The molecule has 0 heterocycles. The lowest BCUT2D eigenvalue weighted by molar-refractivity contribution is -0.115. The van der Waals surface area contributed by atoms with Crippen LogP contribution >= 0.6 is 0 Å². The van der Waals surface area contributed by atoms with E-state index in [1.807, 2.05) is 0 Å². The van der Waals surface area contributed by atoms with Gasteiger partial charge in [-0.1, -0.05) is 12.1 Å². The van der Waals surface area contributed by atoms with E-state index < -0.39 is 38.1 Å². The fourth-order valence-corrected chi connectivity index (χ4v) is 7.37. The highest BCUT2D eigenvalue weighted by Gasteiger charge is 2.31. The molecule has 264 valence electrons. The molecule has 0 atom stereocenters. The van der Waals surface area contributed by atoms with Gasteiger partial charge in [-0.3, -0.25) is 28.3 Å². The van der Waals surface area contributed by atoms with E-state index in [0.29, 0.717) is 0 Å². The summed E-state index contributed by atoms with van der Waals surface area (Å²) in [4.78, 5) is 70.7. The second-order valence-electron chi connectivity index (χ2n) is 11.7. The molecule has 0 fully saturated rings. The number of carbonyl (C=O) groups is 5. The summed E-state index contributed by atoms with van der Waals surface area (Å²) in [6.07, 6.45) is 7.12. The van der Waals surface area contributed by atoms with Gasteiger partial charge in [-0.15, -0.1) is 0 Å². The molecule has 52 heavy (non-hydrogen) atoms. The first-order chi connectivity index (χ1) is 24.6. The third-order valence-corrected chi connectivity index (χ3v) is 10.0. The molecule has 0 saturated heterocycles. The molecule has 17 heteroatoms. The van der Waals surface area contributed by atoms with Crippen molar-refractivity contribution in [2.45, 2.75) is 25.7 Å². The number of ketones is 2.